The van der Waals surface area contributed by atoms with Crippen molar-refractivity contribution in [2.75, 3.05) is 11.2 Å². The van der Waals surface area contributed by atoms with E-state index >= 15 is 0 Å². The first kappa shape index (κ1) is 15.6. The maximum absolute atomic E-state index is 12.2. The van der Waals surface area contributed by atoms with Crippen LogP contribution in [0.2, 0.25) is 10.0 Å². The average Bonchev–Trinajstić information content (AvgIpc) is 2.64. The molecule has 0 spiro atoms. The highest BCUT2D eigenvalue weighted by Crippen LogP contribution is 2.39. The van der Waals surface area contributed by atoms with E-state index in [0.717, 1.165) is 11.1 Å². The number of rotatable bonds is 2. The van der Waals surface area contributed by atoms with Gasteiger partial charge in [-0.15, -0.1) is 11.6 Å². The highest BCUT2D eigenvalue weighted by atomic mass is 35.5. The molecule has 0 unspecified atom stereocenters. The number of alkyl halides is 1. The van der Waals surface area contributed by atoms with Crippen LogP contribution in [0.3, 0.4) is 0 Å². The minimum atomic E-state index is -0.769. The van der Waals surface area contributed by atoms with E-state index in [1.807, 2.05) is 18.2 Å². The van der Waals surface area contributed by atoms with Gasteiger partial charge in [0.1, 0.15) is 6.10 Å². The van der Waals surface area contributed by atoms with E-state index in [0.29, 0.717) is 15.7 Å². The molecule has 1 amide bonds. The lowest BCUT2D eigenvalue weighted by atomic mass is 9.99. The molecule has 2 aromatic rings. The summed E-state index contributed by atoms with van der Waals surface area (Å²) in [6.45, 7) is 0. The number of anilines is 1. The number of halogens is 3. The standard InChI is InChI=1S/C16H12Cl3NO2/c17-8-14-16(21)20-13-6-5-9(18)7-11(13)15(22-14)10-3-1-2-4-12(10)19/h1-7,14-15H,8H2,(H,20,21)/t14-,15-/m0/s1. The quantitative estimate of drug-likeness (QED) is 0.795. The fourth-order valence-electron chi connectivity index (χ4n) is 2.41. The Morgan fingerprint density at radius 2 is 1.86 bits per heavy atom. The van der Waals surface area contributed by atoms with Crippen LogP contribution in [0.15, 0.2) is 42.5 Å². The van der Waals surface area contributed by atoms with Crippen LogP contribution in [-0.2, 0) is 9.53 Å². The van der Waals surface area contributed by atoms with Gasteiger partial charge in [-0.1, -0.05) is 41.4 Å². The molecule has 1 N–H and O–H groups in total. The van der Waals surface area contributed by atoms with E-state index < -0.39 is 12.2 Å². The van der Waals surface area contributed by atoms with Gasteiger partial charge in [-0.25, -0.2) is 0 Å². The molecule has 0 bridgehead atoms. The summed E-state index contributed by atoms with van der Waals surface area (Å²) in [7, 11) is 0. The number of benzene rings is 2. The van der Waals surface area contributed by atoms with Crippen LogP contribution in [0.25, 0.3) is 0 Å². The van der Waals surface area contributed by atoms with Crippen molar-refractivity contribution in [1.29, 1.82) is 0 Å². The first-order valence-corrected chi connectivity index (χ1v) is 7.95. The first-order valence-electron chi connectivity index (χ1n) is 6.66. The summed E-state index contributed by atoms with van der Waals surface area (Å²) in [6.07, 6.45) is -1.29. The summed E-state index contributed by atoms with van der Waals surface area (Å²) < 4.78 is 5.93. The van der Waals surface area contributed by atoms with Gasteiger partial charge in [0.05, 0.1) is 5.88 Å². The van der Waals surface area contributed by atoms with Crippen LogP contribution < -0.4 is 5.32 Å². The zero-order chi connectivity index (χ0) is 15.7. The zero-order valence-electron chi connectivity index (χ0n) is 11.4. The van der Waals surface area contributed by atoms with Crippen LogP contribution in [0.4, 0.5) is 5.69 Å². The number of hydrogen-bond donors (Lipinski definition) is 1. The molecule has 0 aliphatic carbocycles. The molecule has 0 radical (unpaired) electrons. The highest BCUT2D eigenvalue weighted by Gasteiger charge is 2.32. The van der Waals surface area contributed by atoms with Crippen LogP contribution in [-0.4, -0.2) is 17.9 Å². The van der Waals surface area contributed by atoms with E-state index in [1.54, 1.807) is 24.3 Å². The highest BCUT2D eigenvalue weighted by molar-refractivity contribution is 6.31. The predicted octanol–water partition coefficient (Wildman–Crippen LogP) is 4.66. The number of nitrogens with one attached hydrogen (secondary N) is 1. The Morgan fingerprint density at radius 3 is 2.59 bits per heavy atom. The van der Waals surface area contributed by atoms with E-state index in [9.17, 15) is 4.79 Å². The number of carbonyl (C=O) groups is 1. The minimum Gasteiger partial charge on any atom is -0.354 e. The van der Waals surface area contributed by atoms with Gasteiger partial charge in [-0.05, 0) is 24.3 Å². The number of hydrogen-bond acceptors (Lipinski definition) is 2. The molecule has 1 heterocycles. The van der Waals surface area contributed by atoms with Crippen molar-refractivity contribution in [2.24, 2.45) is 0 Å². The molecule has 3 rings (SSSR count). The van der Waals surface area contributed by atoms with Crippen molar-refractivity contribution in [3.63, 3.8) is 0 Å². The number of ether oxygens (including phenoxy) is 1. The Bertz CT molecular complexity index is 720. The van der Waals surface area contributed by atoms with Crippen LogP contribution in [0.1, 0.15) is 17.2 Å². The van der Waals surface area contributed by atoms with Gasteiger partial charge in [0, 0.05) is 26.9 Å². The maximum atomic E-state index is 12.2. The second kappa shape index (κ2) is 6.47. The van der Waals surface area contributed by atoms with Crippen LogP contribution in [0, 0.1) is 0 Å². The van der Waals surface area contributed by atoms with Gasteiger partial charge < -0.3 is 10.1 Å². The van der Waals surface area contributed by atoms with E-state index in [-0.39, 0.29) is 11.8 Å². The number of amides is 1. The van der Waals surface area contributed by atoms with Crippen LogP contribution in [0.5, 0.6) is 0 Å². The molecule has 0 saturated carbocycles. The molecule has 0 saturated heterocycles. The Hall–Kier alpha value is -1.26. The fraction of sp³-hybridized carbons (Fsp3) is 0.188. The van der Waals surface area contributed by atoms with Crippen molar-refractivity contribution < 1.29 is 9.53 Å². The first-order chi connectivity index (χ1) is 10.6. The molecule has 114 valence electrons. The lowest BCUT2D eigenvalue weighted by molar-refractivity contribution is -0.127. The number of fused-ring (bicyclic) bond motifs is 1. The smallest absolute Gasteiger partial charge is 0.254 e. The molecule has 3 nitrogen and oxygen atoms in total. The average molecular weight is 357 g/mol. The maximum Gasteiger partial charge on any atom is 0.254 e. The molecular weight excluding hydrogens is 345 g/mol. The molecule has 22 heavy (non-hydrogen) atoms. The predicted molar refractivity (Wildman–Crippen MR) is 89.0 cm³/mol. The van der Waals surface area contributed by atoms with E-state index in [1.165, 1.54) is 0 Å². The van der Waals surface area contributed by atoms with Crippen molar-refractivity contribution in [2.45, 2.75) is 12.2 Å². The van der Waals surface area contributed by atoms with Crippen LogP contribution >= 0.6 is 34.8 Å². The third kappa shape index (κ3) is 2.95. The zero-order valence-corrected chi connectivity index (χ0v) is 13.6. The summed E-state index contributed by atoms with van der Waals surface area (Å²) in [5.41, 5.74) is 2.16. The van der Waals surface area contributed by atoms with Crippen molar-refractivity contribution in [3.05, 3.63) is 63.6 Å². The lowest BCUT2D eigenvalue weighted by Gasteiger charge is -2.21. The van der Waals surface area contributed by atoms with Crippen molar-refractivity contribution in [1.82, 2.24) is 0 Å². The van der Waals surface area contributed by atoms with Gasteiger partial charge in [0.2, 0.25) is 0 Å². The summed E-state index contributed by atoms with van der Waals surface area (Å²) in [5.74, 6) is -0.234. The fourth-order valence-corrected chi connectivity index (χ4v) is 3.04. The molecule has 0 aromatic heterocycles. The summed E-state index contributed by atoms with van der Waals surface area (Å²) in [5, 5.41) is 3.93. The Morgan fingerprint density at radius 1 is 1.09 bits per heavy atom. The minimum absolute atomic E-state index is 0.0501. The second-order valence-electron chi connectivity index (χ2n) is 4.90. The number of carbonyl (C=O) groups excluding carboxylic acids is 1. The largest absolute Gasteiger partial charge is 0.354 e. The molecule has 1 aliphatic heterocycles. The summed E-state index contributed by atoms with van der Waals surface area (Å²) in [4.78, 5) is 12.2. The normalized spacial score (nSPS) is 21.0. The molecule has 6 heteroatoms. The van der Waals surface area contributed by atoms with Gasteiger partial charge >= 0.3 is 0 Å². The monoisotopic (exact) mass is 355 g/mol. The van der Waals surface area contributed by atoms with E-state index in [4.69, 9.17) is 39.5 Å². The Balaban J connectivity index is 2.16. The SMILES string of the molecule is O=C1Nc2ccc(Cl)cc2[C@H](c2ccccc2Cl)O[C@H]1CCl. The van der Waals surface area contributed by atoms with Gasteiger partial charge in [0.25, 0.3) is 5.91 Å². The van der Waals surface area contributed by atoms with Crippen molar-refractivity contribution >= 4 is 46.4 Å². The Labute approximate surface area is 143 Å². The third-order valence-electron chi connectivity index (χ3n) is 3.47. The molecule has 2 atom stereocenters. The second-order valence-corrected chi connectivity index (χ2v) is 6.05. The van der Waals surface area contributed by atoms with Gasteiger partial charge in [0.15, 0.2) is 6.10 Å². The molecular formula is C16H12Cl3NO2. The topological polar surface area (TPSA) is 38.3 Å². The molecule has 1 aliphatic rings. The Kier molecular flexibility index (Phi) is 4.59. The lowest BCUT2D eigenvalue weighted by Crippen LogP contribution is -2.30. The van der Waals surface area contributed by atoms with Gasteiger partial charge in [-0.3, -0.25) is 4.79 Å². The van der Waals surface area contributed by atoms with Gasteiger partial charge in [-0.2, -0.15) is 0 Å². The summed E-state index contributed by atoms with van der Waals surface area (Å²) >= 11 is 18.3. The summed E-state index contributed by atoms with van der Waals surface area (Å²) in [6, 6.07) is 12.6. The third-order valence-corrected chi connectivity index (χ3v) is 4.33. The molecule has 2 aromatic carbocycles. The van der Waals surface area contributed by atoms with Crippen molar-refractivity contribution in [3.8, 4) is 0 Å². The van der Waals surface area contributed by atoms with E-state index in [2.05, 4.69) is 5.32 Å². The molecule has 0 fully saturated rings.